The maximum absolute atomic E-state index is 13.4. The van der Waals surface area contributed by atoms with Crippen molar-refractivity contribution in [3.63, 3.8) is 0 Å². The van der Waals surface area contributed by atoms with E-state index in [2.05, 4.69) is 9.82 Å². The molecule has 0 bridgehead atoms. The number of anilines is 1. The van der Waals surface area contributed by atoms with Gasteiger partial charge in [0.1, 0.15) is 6.04 Å². The molecule has 10 heteroatoms. The predicted molar refractivity (Wildman–Crippen MR) is 128 cm³/mol. The van der Waals surface area contributed by atoms with Gasteiger partial charge in [0, 0.05) is 17.0 Å². The van der Waals surface area contributed by atoms with Crippen molar-refractivity contribution in [3.8, 4) is 0 Å². The van der Waals surface area contributed by atoms with E-state index in [0.29, 0.717) is 17.8 Å². The summed E-state index contributed by atoms with van der Waals surface area (Å²) in [5, 5.41) is 6.43. The molecule has 2 heterocycles. The average molecular weight is 490 g/mol. The van der Waals surface area contributed by atoms with Crippen LogP contribution < -0.4 is 4.72 Å². The molecule has 1 aliphatic heterocycles. The van der Waals surface area contributed by atoms with E-state index in [4.69, 9.17) is 0 Å². The smallest absolute Gasteiger partial charge is 0.279 e. The molecule has 2 aromatic carbocycles. The Balaban J connectivity index is 1.69. The first-order chi connectivity index (χ1) is 15.2. The number of nitrogens with one attached hydrogen (secondary N) is 1. The Bertz CT molecular complexity index is 1330. The molecule has 0 fully saturated rings. The second-order valence-electron chi connectivity index (χ2n) is 7.46. The Kier molecular flexibility index (Phi) is 6.11. The Morgan fingerprint density at radius 3 is 2.31 bits per heavy atom. The highest BCUT2D eigenvalue weighted by Crippen LogP contribution is 2.39. The molecule has 7 nitrogen and oxygen atoms in total. The first kappa shape index (κ1) is 22.5. The first-order valence-corrected chi connectivity index (χ1v) is 14.0. The van der Waals surface area contributed by atoms with E-state index >= 15 is 0 Å². The van der Waals surface area contributed by atoms with Gasteiger partial charge in [0.15, 0.2) is 0 Å². The summed E-state index contributed by atoms with van der Waals surface area (Å²) in [6.45, 7) is 3.47. The van der Waals surface area contributed by atoms with Crippen LogP contribution in [-0.4, -0.2) is 32.7 Å². The van der Waals surface area contributed by atoms with Crippen molar-refractivity contribution in [2.45, 2.75) is 31.2 Å². The number of hydrogen-bond acceptors (Lipinski definition) is 6. The van der Waals surface area contributed by atoms with Gasteiger partial charge < -0.3 is 0 Å². The van der Waals surface area contributed by atoms with E-state index in [-0.39, 0.29) is 10.6 Å². The van der Waals surface area contributed by atoms with E-state index in [9.17, 15) is 16.8 Å². The molecule has 3 aromatic rings. The lowest BCUT2D eigenvalue weighted by Crippen LogP contribution is -2.26. The normalized spacial score (nSPS) is 16.8. The van der Waals surface area contributed by atoms with Crippen LogP contribution in [-0.2, 0) is 20.0 Å². The van der Waals surface area contributed by atoms with Gasteiger partial charge in [0.2, 0.25) is 10.0 Å². The van der Waals surface area contributed by atoms with E-state index in [0.717, 1.165) is 16.0 Å². The third-order valence-electron chi connectivity index (χ3n) is 5.18. The monoisotopic (exact) mass is 489 g/mol. The van der Waals surface area contributed by atoms with Crippen molar-refractivity contribution in [2.75, 3.05) is 10.5 Å². The lowest BCUT2D eigenvalue weighted by molar-refractivity contribution is 0.375. The minimum atomic E-state index is -3.85. The van der Waals surface area contributed by atoms with Crippen LogP contribution in [0.5, 0.6) is 0 Å². The quantitative estimate of drug-likeness (QED) is 0.533. The summed E-state index contributed by atoms with van der Waals surface area (Å²) in [5.41, 5.74) is 2.80. The van der Waals surface area contributed by atoms with Crippen molar-refractivity contribution in [1.29, 1.82) is 0 Å². The minimum absolute atomic E-state index is 0.0181. The van der Waals surface area contributed by atoms with Crippen LogP contribution in [0.25, 0.3) is 0 Å². The summed E-state index contributed by atoms with van der Waals surface area (Å²) in [6, 6.07) is 16.9. The molecule has 168 valence electrons. The van der Waals surface area contributed by atoms with Gasteiger partial charge in [-0.1, -0.05) is 35.9 Å². The molecular formula is C22H23N3O4S3. The minimum Gasteiger partial charge on any atom is -0.284 e. The second kappa shape index (κ2) is 8.68. The van der Waals surface area contributed by atoms with Crippen molar-refractivity contribution in [1.82, 2.24) is 4.41 Å². The molecule has 0 saturated carbocycles. The highest BCUT2D eigenvalue weighted by atomic mass is 32.2. The topological polar surface area (TPSA) is 95.9 Å². The first-order valence-electron chi connectivity index (χ1n) is 10.0. The molecule has 0 radical (unpaired) electrons. The van der Waals surface area contributed by atoms with Crippen LogP contribution in [0, 0.1) is 6.92 Å². The third-order valence-corrected chi connectivity index (χ3v) is 9.16. The molecule has 0 unspecified atom stereocenters. The number of sulfonamides is 2. The number of hydrazone groups is 1. The standard InChI is InChI=1S/C22H23N3O4S3/c1-3-31(26,27)24-18-10-8-17(9-11-18)20-15-21(22-5-4-14-30-22)25(23-20)32(28,29)19-12-6-16(2)7-13-19/h4-14,21,24H,3,15H2,1-2H3/t21-/m1/s1. The van der Waals surface area contributed by atoms with Gasteiger partial charge in [-0.15, -0.1) is 11.3 Å². The van der Waals surface area contributed by atoms with Crippen LogP contribution in [0.15, 0.2) is 76.0 Å². The number of rotatable bonds is 7. The highest BCUT2D eigenvalue weighted by molar-refractivity contribution is 7.92. The fraction of sp³-hybridized carbons (Fsp3) is 0.227. The number of hydrogen-bond donors (Lipinski definition) is 1. The maximum atomic E-state index is 13.4. The summed E-state index contributed by atoms with van der Waals surface area (Å²) >= 11 is 1.49. The molecule has 32 heavy (non-hydrogen) atoms. The lowest BCUT2D eigenvalue weighted by atomic mass is 10.0. The van der Waals surface area contributed by atoms with Gasteiger partial charge in [-0.25, -0.2) is 8.42 Å². The fourth-order valence-electron chi connectivity index (χ4n) is 3.38. The van der Waals surface area contributed by atoms with Gasteiger partial charge in [-0.05, 0) is 55.1 Å². The van der Waals surface area contributed by atoms with Gasteiger partial charge in [-0.2, -0.15) is 17.9 Å². The zero-order chi connectivity index (χ0) is 22.9. The van der Waals surface area contributed by atoms with Crippen LogP contribution in [0.3, 0.4) is 0 Å². The zero-order valence-corrected chi connectivity index (χ0v) is 20.0. The highest BCUT2D eigenvalue weighted by Gasteiger charge is 2.38. The van der Waals surface area contributed by atoms with Gasteiger partial charge in [-0.3, -0.25) is 4.72 Å². The number of benzene rings is 2. The molecule has 0 spiro atoms. The van der Waals surface area contributed by atoms with Crippen molar-refractivity contribution >= 4 is 42.8 Å². The summed E-state index contributed by atoms with van der Waals surface area (Å²) in [4.78, 5) is 1.10. The average Bonchev–Trinajstić information content (AvgIpc) is 3.45. The zero-order valence-electron chi connectivity index (χ0n) is 17.6. The van der Waals surface area contributed by atoms with Crippen molar-refractivity contribution in [2.24, 2.45) is 5.10 Å². The van der Waals surface area contributed by atoms with Crippen LogP contribution in [0.1, 0.15) is 35.4 Å². The number of nitrogens with zero attached hydrogens (tertiary/aromatic N) is 2. The molecule has 0 saturated heterocycles. The SMILES string of the molecule is CCS(=O)(=O)Nc1ccc(C2=NN(S(=O)(=O)c3ccc(C)cc3)[C@@H](c3cccs3)C2)cc1. The van der Waals surface area contributed by atoms with Gasteiger partial charge >= 0.3 is 0 Å². The maximum Gasteiger partial charge on any atom is 0.279 e. The Morgan fingerprint density at radius 1 is 1.03 bits per heavy atom. The number of thiophene rings is 1. The summed E-state index contributed by atoms with van der Waals surface area (Å²) in [7, 11) is -7.22. The van der Waals surface area contributed by atoms with Gasteiger partial charge in [0.25, 0.3) is 10.0 Å². The van der Waals surface area contributed by atoms with Crippen LogP contribution >= 0.6 is 11.3 Å². The van der Waals surface area contributed by atoms with Crippen molar-refractivity contribution in [3.05, 3.63) is 82.0 Å². The predicted octanol–water partition coefficient (Wildman–Crippen LogP) is 4.36. The summed E-state index contributed by atoms with van der Waals surface area (Å²) < 4.78 is 54.1. The Hall–Kier alpha value is -2.69. The summed E-state index contributed by atoms with van der Waals surface area (Å²) in [5.74, 6) is -0.0181. The Morgan fingerprint density at radius 2 is 1.72 bits per heavy atom. The molecular weight excluding hydrogens is 466 g/mol. The lowest BCUT2D eigenvalue weighted by Gasteiger charge is -2.22. The van der Waals surface area contributed by atoms with Gasteiger partial charge in [0.05, 0.1) is 16.4 Å². The van der Waals surface area contributed by atoms with Crippen LogP contribution in [0.4, 0.5) is 5.69 Å². The van der Waals surface area contributed by atoms with E-state index < -0.39 is 26.1 Å². The molecule has 1 aliphatic rings. The second-order valence-corrected chi connectivity index (χ2v) is 12.2. The fourth-order valence-corrected chi connectivity index (χ4v) is 6.32. The molecule has 1 N–H and O–H groups in total. The molecule has 4 rings (SSSR count). The van der Waals surface area contributed by atoms with E-state index in [1.807, 2.05) is 24.4 Å². The molecule has 1 atom stereocenters. The molecule has 0 aliphatic carbocycles. The van der Waals surface area contributed by atoms with E-state index in [1.165, 1.54) is 15.8 Å². The molecule has 1 aromatic heterocycles. The largest absolute Gasteiger partial charge is 0.284 e. The third kappa shape index (κ3) is 4.57. The van der Waals surface area contributed by atoms with Crippen LogP contribution in [0.2, 0.25) is 0 Å². The Labute approximate surface area is 192 Å². The summed E-state index contributed by atoms with van der Waals surface area (Å²) in [6.07, 6.45) is 0.422. The molecule has 0 amide bonds. The van der Waals surface area contributed by atoms with Crippen molar-refractivity contribution < 1.29 is 16.8 Å². The van der Waals surface area contributed by atoms with E-state index in [1.54, 1.807) is 55.5 Å². The number of aryl methyl sites for hydroxylation is 1.